The molecule has 0 N–H and O–H groups in total. The first-order valence-corrected chi connectivity index (χ1v) is 5.47. The second-order valence-electron chi connectivity index (χ2n) is 3.40. The number of pyridine rings is 1. The van der Waals surface area contributed by atoms with Gasteiger partial charge in [0.05, 0.1) is 0 Å². The van der Waals surface area contributed by atoms with E-state index in [0.717, 1.165) is 11.3 Å². The highest BCUT2D eigenvalue weighted by atomic mass is 79.9. The van der Waals surface area contributed by atoms with Crippen molar-refractivity contribution in [3.8, 4) is 0 Å². The van der Waals surface area contributed by atoms with Crippen LogP contribution in [0.2, 0.25) is 0 Å². The third-order valence-electron chi connectivity index (χ3n) is 2.06. The molecule has 1 aromatic heterocycles. The molecule has 0 atom stereocenters. The van der Waals surface area contributed by atoms with Crippen molar-refractivity contribution in [1.29, 1.82) is 0 Å². The van der Waals surface area contributed by atoms with Crippen molar-refractivity contribution in [2.45, 2.75) is 32.1 Å². The van der Waals surface area contributed by atoms with Gasteiger partial charge in [-0.05, 0) is 26.8 Å². The first-order chi connectivity index (χ1) is 6.07. The molecule has 0 aromatic carbocycles. The van der Waals surface area contributed by atoms with Crippen LogP contribution in [0.3, 0.4) is 0 Å². The Morgan fingerprint density at radius 3 is 2.54 bits per heavy atom. The van der Waals surface area contributed by atoms with E-state index in [1.807, 2.05) is 37.5 Å². The van der Waals surface area contributed by atoms with Gasteiger partial charge in [-0.1, -0.05) is 22.0 Å². The standard InChI is InChI=1S/C10H14BrNO/c1-7(2)12-8(3)4-5-9(6-11)10(12)13/h4-5,7H,6H2,1-3H3. The molecule has 0 radical (unpaired) electrons. The lowest BCUT2D eigenvalue weighted by atomic mass is 10.2. The van der Waals surface area contributed by atoms with Crippen molar-refractivity contribution in [3.63, 3.8) is 0 Å². The Morgan fingerprint density at radius 2 is 2.08 bits per heavy atom. The second-order valence-corrected chi connectivity index (χ2v) is 3.96. The van der Waals surface area contributed by atoms with Gasteiger partial charge in [0.25, 0.3) is 5.56 Å². The van der Waals surface area contributed by atoms with Crippen molar-refractivity contribution in [3.05, 3.63) is 33.7 Å². The predicted molar refractivity (Wildman–Crippen MR) is 58.5 cm³/mol. The first-order valence-electron chi connectivity index (χ1n) is 4.35. The summed E-state index contributed by atoms with van der Waals surface area (Å²) in [5.74, 6) is 0. The Morgan fingerprint density at radius 1 is 1.46 bits per heavy atom. The van der Waals surface area contributed by atoms with E-state index in [1.165, 1.54) is 0 Å². The Kier molecular flexibility index (Phi) is 3.31. The van der Waals surface area contributed by atoms with Crippen LogP contribution >= 0.6 is 15.9 Å². The number of hydrogen-bond donors (Lipinski definition) is 0. The van der Waals surface area contributed by atoms with Gasteiger partial charge in [-0.3, -0.25) is 4.79 Å². The van der Waals surface area contributed by atoms with E-state index >= 15 is 0 Å². The maximum absolute atomic E-state index is 11.8. The summed E-state index contributed by atoms with van der Waals surface area (Å²) in [6, 6.07) is 4.09. The number of halogens is 1. The fourth-order valence-corrected chi connectivity index (χ4v) is 1.86. The minimum Gasteiger partial charge on any atom is -0.310 e. The molecule has 0 aliphatic heterocycles. The van der Waals surface area contributed by atoms with Crippen molar-refractivity contribution < 1.29 is 0 Å². The average molecular weight is 244 g/mol. The van der Waals surface area contributed by atoms with Gasteiger partial charge in [0.1, 0.15) is 0 Å². The Labute approximate surface area is 86.7 Å². The fourth-order valence-electron chi connectivity index (χ4n) is 1.43. The van der Waals surface area contributed by atoms with Gasteiger partial charge in [0.2, 0.25) is 0 Å². The minimum absolute atomic E-state index is 0.117. The molecule has 2 nitrogen and oxygen atoms in total. The van der Waals surface area contributed by atoms with E-state index in [0.29, 0.717) is 5.33 Å². The van der Waals surface area contributed by atoms with Gasteiger partial charge in [-0.2, -0.15) is 0 Å². The molecule has 0 amide bonds. The molecule has 0 fully saturated rings. The molecule has 0 bridgehead atoms. The molecule has 0 aliphatic carbocycles. The number of alkyl halides is 1. The highest BCUT2D eigenvalue weighted by molar-refractivity contribution is 9.08. The molecule has 0 unspecified atom stereocenters. The normalized spacial score (nSPS) is 10.8. The Bertz CT molecular complexity index is 354. The summed E-state index contributed by atoms with van der Waals surface area (Å²) in [6.45, 7) is 6.00. The van der Waals surface area contributed by atoms with Crippen LogP contribution in [-0.4, -0.2) is 4.57 Å². The highest BCUT2D eigenvalue weighted by Gasteiger charge is 2.07. The van der Waals surface area contributed by atoms with Crippen LogP contribution in [0, 0.1) is 6.92 Å². The molecule has 1 rings (SSSR count). The topological polar surface area (TPSA) is 22.0 Å². The van der Waals surface area contributed by atoms with Crippen LogP contribution < -0.4 is 5.56 Å². The van der Waals surface area contributed by atoms with E-state index < -0.39 is 0 Å². The van der Waals surface area contributed by atoms with E-state index in [9.17, 15) is 4.79 Å². The summed E-state index contributed by atoms with van der Waals surface area (Å²) in [6.07, 6.45) is 0. The van der Waals surface area contributed by atoms with Gasteiger partial charge in [-0.25, -0.2) is 0 Å². The van der Waals surface area contributed by atoms with Crippen LogP contribution in [0.25, 0.3) is 0 Å². The lowest BCUT2D eigenvalue weighted by Crippen LogP contribution is -2.26. The SMILES string of the molecule is Cc1ccc(CBr)c(=O)n1C(C)C. The van der Waals surface area contributed by atoms with E-state index in [1.54, 1.807) is 0 Å². The lowest BCUT2D eigenvalue weighted by molar-refractivity contribution is 0.560. The molecular formula is C10H14BrNO. The van der Waals surface area contributed by atoms with Gasteiger partial charge in [0.15, 0.2) is 0 Å². The molecule has 0 aliphatic rings. The largest absolute Gasteiger partial charge is 0.310 e. The zero-order valence-corrected chi connectivity index (χ0v) is 9.76. The maximum Gasteiger partial charge on any atom is 0.255 e. The molecular weight excluding hydrogens is 230 g/mol. The van der Waals surface area contributed by atoms with E-state index in [-0.39, 0.29) is 11.6 Å². The van der Waals surface area contributed by atoms with Crippen LogP contribution in [0.1, 0.15) is 31.1 Å². The monoisotopic (exact) mass is 243 g/mol. The van der Waals surface area contributed by atoms with Crippen molar-refractivity contribution >= 4 is 15.9 Å². The summed E-state index contributed by atoms with van der Waals surface area (Å²) in [7, 11) is 0. The molecule has 0 spiro atoms. The van der Waals surface area contributed by atoms with Gasteiger partial charge in [0, 0.05) is 22.6 Å². The van der Waals surface area contributed by atoms with Crippen LogP contribution in [0.15, 0.2) is 16.9 Å². The van der Waals surface area contributed by atoms with Gasteiger partial charge >= 0.3 is 0 Å². The molecule has 72 valence electrons. The van der Waals surface area contributed by atoms with Crippen LogP contribution in [-0.2, 0) is 5.33 Å². The third kappa shape index (κ3) is 2.02. The smallest absolute Gasteiger partial charge is 0.255 e. The molecule has 1 heterocycles. The number of nitrogens with zero attached hydrogens (tertiary/aromatic N) is 1. The highest BCUT2D eigenvalue weighted by Crippen LogP contribution is 2.08. The molecule has 13 heavy (non-hydrogen) atoms. The summed E-state index contributed by atoms with van der Waals surface area (Å²) in [5, 5.41) is 0.624. The van der Waals surface area contributed by atoms with Crippen LogP contribution in [0.5, 0.6) is 0 Å². The maximum atomic E-state index is 11.8. The number of aryl methyl sites for hydroxylation is 1. The van der Waals surface area contributed by atoms with E-state index in [4.69, 9.17) is 0 Å². The summed E-state index contributed by atoms with van der Waals surface area (Å²) in [5.41, 5.74) is 1.95. The Balaban J connectivity index is 3.39. The number of aromatic nitrogens is 1. The Hall–Kier alpha value is -0.570. The quantitative estimate of drug-likeness (QED) is 0.733. The zero-order chi connectivity index (χ0) is 10.0. The van der Waals surface area contributed by atoms with Gasteiger partial charge < -0.3 is 4.57 Å². The second kappa shape index (κ2) is 4.09. The lowest BCUT2D eigenvalue weighted by Gasteiger charge is -2.14. The van der Waals surface area contributed by atoms with Crippen molar-refractivity contribution in [2.24, 2.45) is 0 Å². The van der Waals surface area contributed by atoms with E-state index in [2.05, 4.69) is 15.9 Å². The molecule has 0 saturated heterocycles. The van der Waals surface area contributed by atoms with Crippen LogP contribution in [0.4, 0.5) is 0 Å². The average Bonchev–Trinajstić information content (AvgIpc) is 2.04. The number of rotatable bonds is 2. The predicted octanol–water partition coefficient (Wildman–Crippen LogP) is 2.63. The summed E-state index contributed by atoms with van der Waals surface area (Å²) in [4.78, 5) is 11.8. The van der Waals surface area contributed by atoms with Crippen molar-refractivity contribution in [2.75, 3.05) is 0 Å². The minimum atomic E-state index is 0.117. The first kappa shape index (κ1) is 10.5. The summed E-state index contributed by atoms with van der Waals surface area (Å²) >= 11 is 3.30. The zero-order valence-electron chi connectivity index (χ0n) is 8.17. The fraction of sp³-hybridized carbons (Fsp3) is 0.500. The molecule has 0 saturated carbocycles. The van der Waals surface area contributed by atoms with Gasteiger partial charge in [-0.15, -0.1) is 0 Å². The third-order valence-corrected chi connectivity index (χ3v) is 2.66. The van der Waals surface area contributed by atoms with Crippen molar-refractivity contribution in [1.82, 2.24) is 4.57 Å². The molecule has 3 heteroatoms. The summed E-state index contributed by atoms with van der Waals surface area (Å²) < 4.78 is 1.82. The molecule has 1 aromatic rings. The number of hydrogen-bond acceptors (Lipinski definition) is 1.